The summed E-state index contributed by atoms with van der Waals surface area (Å²) >= 11 is 0. The highest BCUT2D eigenvalue weighted by molar-refractivity contribution is 5.93. The standard InChI is InChI=1S/C14H22N2O4/c1-2-19-11-13(17)9-15-4-6-16(7-5-15)14(18)12-3-8-20-10-12/h3,8,10,13,17H,2,4-7,9,11H2,1H3/t13-/m1/s1. The van der Waals surface area contributed by atoms with E-state index in [-0.39, 0.29) is 5.91 Å². The van der Waals surface area contributed by atoms with Crippen molar-refractivity contribution in [3.8, 4) is 0 Å². The number of hydrogen-bond acceptors (Lipinski definition) is 5. The van der Waals surface area contributed by atoms with Crippen molar-refractivity contribution in [3.63, 3.8) is 0 Å². The van der Waals surface area contributed by atoms with Crippen molar-refractivity contribution in [1.29, 1.82) is 0 Å². The lowest BCUT2D eigenvalue weighted by Gasteiger charge is -2.35. The zero-order valence-corrected chi connectivity index (χ0v) is 11.8. The van der Waals surface area contributed by atoms with E-state index in [0.717, 1.165) is 13.1 Å². The van der Waals surface area contributed by atoms with Gasteiger partial charge in [-0.1, -0.05) is 0 Å². The molecule has 6 heteroatoms. The number of β-amino-alcohol motifs (C(OH)–C–C–N with tert-alkyl or cyclic N) is 1. The van der Waals surface area contributed by atoms with Gasteiger partial charge in [0.25, 0.3) is 5.91 Å². The van der Waals surface area contributed by atoms with Crippen LogP contribution in [0.3, 0.4) is 0 Å². The van der Waals surface area contributed by atoms with E-state index in [9.17, 15) is 9.90 Å². The summed E-state index contributed by atoms with van der Waals surface area (Å²) in [4.78, 5) is 16.1. The lowest BCUT2D eigenvalue weighted by atomic mass is 10.2. The maximum absolute atomic E-state index is 12.1. The highest BCUT2D eigenvalue weighted by atomic mass is 16.5. The molecule has 1 aromatic rings. The van der Waals surface area contributed by atoms with Gasteiger partial charge in [0.15, 0.2) is 0 Å². The van der Waals surface area contributed by atoms with Gasteiger partial charge in [0.1, 0.15) is 6.26 Å². The molecule has 112 valence electrons. The summed E-state index contributed by atoms with van der Waals surface area (Å²) in [6, 6.07) is 1.68. The van der Waals surface area contributed by atoms with Crippen LogP contribution in [0.4, 0.5) is 0 Å². The highest BCUT2D eigenvalue weighted by Gasteiger charge is 2.23. The Labute approximate surface area is 118 Å². The van der Waals surface area contributed by atoms with Gasteiger partial charge in [-0.15, -0.1) is 0 Å². The smallest absolute Gasteiger partial charge is 0.257 e. The van der Waals surface area contributed by atoms with Crippen molar-refractivity contribution in [3.05, 3.63) is 24.2 Å². The molecule has 0 saturated carbocycles. The molecule has 1 fully saturated rings. The summed E-state index contributed by atoms with van der Waals surface area (Å²) in [5.74, 6) is 0.00765. The minimum atomic E-state index is -0.467. The van der Waals surface area contributed by atoms with Gasteiger partial charge >= 0.3 is 0 Å². The molecule has 0 bridgehead atoms. The van der Waals surface area contributed by atoms with Crippen molar-refractivity contribution < 1.29 is 19.1 Å². The third-order valence-electron chi connectivity index (χ3n) is 3.41. The fraction of sp³-hybridized carbons (Fsp3) is 0.643. The number of hydrogen-bond donors (Lipinski definition) is 1. The minimum Gasteiger partial charge on any atom is -0.472 e. The maximum atomic E-state index is 12.1. The number of carbonyl (C=O) groups is 1. The molecule has 0 radical (unpaired) electrons. The average Bonchev–Trinajstić information content (AvgIpc) is 2.99. The number of carbonyl (C=O) groups excluding carboxylic acids is 1. The Balaban J connectivity index is 1.73. The van der Waals surface area contributed by atoms with Crippen molar-refractivity contribution in [2.75, 3.05) is 45.9 Å². The van der Waals surface area contributed by atoms with Gasteiger partial charge in [-0.3, -0.25) is 9.69 Å². The first-order chi connectivity index (χ1) is 9.70. The number of piperazine rings is 1. The summed E-state index contributed by atoms with van der Waals surface area (Å²) < 4.78 is 10.1. The van der Waals surface area contributed by atoms with Crippen LogP contribution in [0.25, 0.3) is 0 Å². The van der Waals surface area contributed by atoms with E-state index in [1.807, 2.05) is 11.8 Å². The second-order valence-corrected chi connectivity index (χ2v) is 4.92. The molecule has 20 heavy (non-hydrogen) atoms. The van der Waals surface area contributed by atoms with Gasteiger partial charge in [0, 0.05) is 39.3 Å². The molecular formula is C14H22N2O4. The van der Waals surface area contributed by atoms with Gasteiger partial charge in [-0.2, -0.15) is 0 Å². The number of nitrogens with zero attached hydrogens (tertiary/aromatic N) is 2. The molecule has 0 unspecified atom stereocenters. The monoisotopic (exact) mass is 282 g/mol. The van der Waals surface area contributed by atoms with Crippen molar-refractivity contribution in [1.82, 2.24) is 9.80 Å². The fourth-order valence-electron chi connectivity index (χ4n) is 2.31. The summed E-state index contributed by atoms with van der Waals surface area (Å²) in [5.41, 5.74) is 0.592. The van der Waals surface area contributed by atoms with Crippen molar-refractivity contribution in [2.24, 2.45) is 0 Å². The number of furan rings is 1. The molecule has 0 aliphatic carbocycles. The molecule has 0 spiro atoms. The van der Waals surface area contributed by atoms with Gasteiger partial charge in [0.05, 0.1) is 24.5 Å². The van der Waals surface area contributed by atoms with Crippen LogP contribution in [0.2, 0.25) is 0 Å². The van der Waals surface area contributed by atoms with E-state index in [4.69, 9.17) is 9.15 Å². The third kappa shape index (κ3) is 4.06. The van der Waals surface area contributed by atoms with E-state index in [1.54, 1.807) is 6.07 Å². The highest BCUT2D eigenvalue weighted by Crippen LogP contribution is 2.09. The van der Waals surface area contributed by atoms with Crippen LogP contribution >= 0.6 is 0 Å². The lowest BCUT2D eigenvalue weighted by molar-refractivity contribution is 0.0111. The molecule has 1 atom stereocenters. The number of aliphatic hydroxyl groups is 1. The quantitative estimate of drug-likeness (QED) is 0.820. The van der Waals surface area contributed by atoms with Crippen LogP contribution in [0.1, 0.15) is 17.3 Å². The van der Waals surface area contributed by atoms with Crippen LogP contribution in [-0.2, 0) is 4.74 Å². The van der Waals surface area contributed by atoms with E-state index < -0.39 is 6.10 Å². The molecule has 2 rings (SSSR count). The molecule has 1 aliphatic rings. The van der Waals surface area contributed by atoms with Crippen LogP contribution in [0.15, 0.2) is 23.0 Å². The second kappa shape index (κ2) is 7.42. The zero-order chi connectivity index (χ0) is 14.4. The predicted molar refractivity (Wildman–Crippen MR) is 73.6 cm³/mol. The Morgan fingerprint density at radius 3 is 2.80 bits per heavy atom. The molecule has 1 amide bonds. The Morgan fingerprint density at radius 2 is 2.20 bits per heavy atom. The van der Waals surface area contributed by atoms with Crippen molar-refractivity contribution in [2.45, 2.75) is 13.0 Å². The van der Waals surface area contributed by atoms with Crippen molar-refractivity contribution >= 4 is 5.91 Å². The van der Waals surface area contributed by atoms with Crippen LogP contribution in [-0.4, -0.2) is 72.9 Å². The first kappa shape index (κ1) is 15.0. The topological polar surface area (TPSA) is 66.2 Å². The first-order valence-electron chi connectivity index (χ1n) is 7.00. The second-order valence-electron chi connectivity index (χ2n) is 4.92. The third-order valence-corrected chi connectivity index (χ3v) is 3.41. The van der Waals surface area contributed by atoms with Crippen LogP contribution in [0, 0.1) is 0 Å². The minimum absolute atomic E-state index is 0.00765. The number of ether oxygens (including phenoxy) is 1. The van der Waals surface area contributed by atoms with E-state index >= 15 is 0 Å². The van der Waals surface area contributed by atoms with Gasteiger partial charge < -0.3 is 19.2 Å². The van der Waals surface area contributed by atoms with E-state index in [2.05, 4.69) is 4.90 Å². The molecule has 1 aromatic heterocycles. The van der Waals surface area contributed by atoms with E-state index in [1.165, 1.54) is 12.5 Å². The van der Waals surface area contributed by atoms with Crippen LogP contribution < -0.4 is 0 Å². The molecule has 6 nitrogen and oxygen atoms in total. The SMILES string of the molecule is CCOC[C@H](O)CN1CCN(C(=O)c2ccoc2)CC1. The molecule has 1 N–H and O–H groups in total. The van der Waals surface area contributed by atoms with Gasteiger partial charge in [-0.05, 0) is 13.0 Å². The number of rotatable bonds is 6. The Hall–Kier alpha value is -1.37. The summed E-state index contributed by atoms with van der Waals surface area (Å²) in [5, 5.41) is 9.80. The average molecular weight is 282 g/mol. The van der Waals surface area contributed by atoms with E-state index in [0.29, 0.717) is 38.4 Å². The summed E-state index contributed by atoms with van der Waals surface area (Å²) in [6.07, 6.45) is 2.51. The first-order valence-corrected chi connectivity index (χ1v) is 7.00. The fourth-order valence-corrected chi connectivity index (χ4v) is 2.31. The largest absolute Gasteiger partial charge is 0.472 e. The summed E-state index contributed by atoms with van der Waals surface area (Å²) in [6.45, 7) is 6.37. The predicted octanol–water partition coefficient (Wildman–Crippen LogP) is 0.435. The maximum Gasteiger partial charge on any atom is 0.257 e. The number of aliphatic hydroxyl groups excluding tert-OH is 1. The normalized spacial score (nSPS) is 18.2. The number of amides is 1. The molecule has 0 aromatic carbocycles. The molecule has 1 saturated heterocycles. The summed E-state index contributed by atoms with van der Waals surface area (Å²) in [7, 11) is 0. The van der Waals surface area contributed by atoms with Gasteiger partial charge in [-0.25, -0.2) is 0 Å². The Morgan fingerprint density at radius 1 is 1.45 bits per heavy atom. The molecule has 2 heterocycles. The lowest BCUT2D eigenvalue weighted by Crippen LogP contribution is -2.50. The van der Waals surface area contributed by atoms with Gasteiger partial charge in [0.2, 0.25) is 0 Å². The zero-order valence-electron chi connectivity index (χ0n) is 11.8. The Kier molecular flexibility index (Phi) is 5.58. The Bertz CT molecular complexity index is 399. The molecule has 1 aliphatic heterocycles. The molecular weight excluding hydrogens is 260 g/mol. The van der Waals surface area contributed by atoms with Crippen LogP contribution in [0.5, 0.6) is 0 Å².